The molecule has 1 aromatic heterocycles. The lowest BCUT2D eigenvalue weighted by Gasteiger charge is -2.07. The lowest BCUT2D eigenvalue weighted by Crippen LogP contribution is -2.36. The third kappa shape index (κ3) is 5.89. The van der Waals surface area contributed by atoms with Crippen LogP contribution in [-0.4, -0.2) is 24.5 Å². The van der Waals surface area contributed by atoms with Crippen LogP contribution in [0.2, 0.25) is 0 Å². The third-order valence-corrected chi connectivity index (χ3v) is 3.08. The van der Waals surface area contributed by atoms with E-state index in [1.165, 1.54) is 4.88 Å². The van der Waals surface area contributed by atoms with Crippen LogP contribution in [0, 0.1) is 12.3 Å². The first-order chi connectivity index (χ1) is 7.80. The SMILES string of the molecule is C#CCNC(=NC)NCc1ncc(CC)s1.I. The third-order valence-electron chi connectivity index (χ3n) is 1.94. The minimum atomic E-state index is 0. The van der Waals surface area contributed by atoms with Crippen molar-refractivity contribution in [1.29, 1.82) is 0 Å². The van der Waals surface area contributed by atoms with Crippen molar-refractivity contribution in [3.8, 4) is 12.3 Å². The van der Waals surface area contributed by atoms with Crippen LogP contribution in [0.4, 0.5) is 0 Å². The molecule has 0 aliphatic rings. The molecule has 0 spiro atoms. The predicted octanol–water partition coefficient (Wildman–Crippen LogP) is 1.62. The van der Waals surface area contributed by atoms with E-state index >= 15 is 0 Å². The molecule has 0 radical (unpaired) electrons. The average Bonchev–Trinajstić information content (AvgIpc) is 2.77. The van der Waals surface area contributed by atoms with E-state index in [0.29, 0.717) is 19.0 Å². The number of hydrogen-bond acceptors (Lipinski definition) is 3. The molecule has 94 valence electrons. The zero-order chi connectivity index (χ0) is 11.8. The van der Waals surface area contributed by atoms with Gasteiger partial charge in [-0.25, -0.2) is 4.98 Å². The van der Waals surface area contributed by atoms with Gasteiger partial charge in [0.2, 0.25) is 0 Å². The maximum absolute atomic E-state index is 5.15. The summed E-state index contributed by atoms with van der Waals surface area (Å²) in [4.78, 5) is 9.64. The zero-order valence-electron chi connectivity index (χ0n) is 9.99. The summed E-state index contributed by atoms with van der Waals surface area (Å²) in [6, 6.07) is 0. The molecule has 1 aromatic rings. The molecule has 2 N–H and O–H groups in total. The fourth-order valence-electron chi connectivity index (χ4n) is 1.11. The minimum Gasteiger partial charge on any atom is -0.350 e. The smallest absolute Gasteiger partial charge is 0.192 e. The van der Waals surface area contributed by atoms with Crippen LogP contribution in [0.15, 0.2) is 11.2 Å². The Morgan fingerprint density at radius 1 is 1.59 bits per heavy atom. The Balaban J connectivity index is 0.00000256. The number of aromatic nitrogens is 1. The molecule has 0 bridgehead atoms. The van der Waals surface area contributed by atoms with Crippen LogP contribution in [0.5, 0.6) is 0 Å². The average molecular weight is 364 g/mol. The molecule has 17 heavy (non-hydrogen) atoms. The first-order valence-corrected chi connectivity index (χ1v) is 5.93. The summed E-state index contributed by atoms with van der Waals surface area (Å²) < 4.78 is 0. The van der Waals surface area contributed by atoms with E-state index in [1.807, 2.05) is 6.20 Å². The predicted molar refractivity (Wildman–Crippen MR) is 83.9 cm³/mol. The normalized spacial score (nSPS) is 10.3. The molecule has 0 amide bonds. The molecule has 6 heteroatoms. The quantitative estimate of drug-likeness (QED) is 0.370. The van der Waals surface area contributed by atoms with Crippen LogP contribution in [0.25, 0.3) is 0 Å². The molecule has 0 fully saturated rings. The highest BCUT2D eigenvalue weighted by molar-refractivity contribution is 14.0. The number of aryl methyl sites for hydroxylation is 1. The minimum absolute atomic E-state index is 0. The van der Waals surface area contributed by atoms with Crippen molar-refractivity contribution in [1.82, 2.24) is 15.6 Å². The second-order valence-corrected chi connectivity index (χ2v) is 4.26. The molecule has 1 rings (SSSR count). The summed E-state index contributed by atoms with van der Waals surface area (Å²) in [5.74, 6) is 3.20. The van der Waals surface area contributed by atoms with Crippen molar-refractivity contribution in [3.05, 3.63) is 16.1 Å². The van der Waals surface area contributed by atoms with E-state index in [-0.39, 0.29) is 24.0 Å². The number of terminal acetylenes is 1. The van der Waals surface area contributed by atoms with Gasteiger partial charge in [0.25, 0.3) is 0 Å². The fourth-order valence-corrected chi connectivity index (χ4v) is 1.91. The Morgan fingerprint density at radius 3 is 2.88 bits per heavy atom. The highest BCUT2D eigenvalue weighted by Crippen LogP contribution is 2.12. The van der Waals surface area contributed by atoms with E-state index in [0.717, 1.165) is 11.4 Å². The maximum Gasteiger partial charge on any atom is 0.192 e. The van der Waals surface area contributed by atoms with E-state index in [9.17, 15) is 0 Å². The standard InChI is InChI=1S/C11H16N4S.HI/c1-4-6-13-11(12-3)15-8-10-14-7-9(5-2)16-10;/h1,7H,5-6,8H2,2-3H3,(H2,12,13,15);1H. The number of thiazole rings is 1. The highest BCUT2D eigenvalue weighted by Gasteiger charge is 2.01. The Kier molecular flexibility index (Phi) is 8.80. The van der Waals surface area contributed by atoms with Crippen molar-refractivity contribution in [2.24, 2.45) is 4.99 Å². The van der Waals surface area contributed by atoms with Gasteiger partial charge < -0.3 is 10.6 Å². The number of hydrogen-bond donors (Lipinski definition) is 2. The molecule has 0 aliphatic heterocycles. The van der Waals surface area contributed by atoms with Crippen molar-refractivity contribution in [2.75, 3.05) is 13.6 Å². The molecule has 0 aromatic carbocycles. The topological polar surface area (TPSA) is 49.3 Å². The lowest BCUT2D eigenvalue weighted by atomic mass is 10.4. The maximum atomic E-state index is 5.15. The number of aliphatic imine (C=N–C) groups is 1. The Hall–Kier alpha value is -0.810. The van der Waals surface area contributed by atoms with Crippen LogP contribution < -0.4 is 10.6 Å². The van der Waals surface area contributed by atoms with Gasteiger partial charge in [-0.1, -0.05) is 12.8 Å². The van der Waals surface area contributed by atoms with Gasteiger partial charge in [0.05, 0.1) is 13.1 Å². The van der Waals surface area contributed by atoms with Crippen LogP contribution in [0.1, 0.15) is 16.8 Å². The van der Waals surface area contributed by atoms with E-state index in [2.05, 4.69) is 33.5 Å². The molecule has 0 unspecified atom stereocenters. The molecule has 0 aliphatic carbocycles. The van der Waals surface area contributed by atoms with Gasteiger partial charge in [-0.3, -0.25) is 4.99 Å². The van der Waals surface area contributed by atoms with Crippen LogP contribution in [-0.2, 0) is 13.0 Å². The van der Waals surface area contributed by atoms with Gasteiger partial charge in [-0.15, -0.1) is 41.7 Å². The van der Waals surface area contributed by atoms with Gasteiger partial charge in [-0.2, -0.15) is 0 Å². The Labute approximate surface area is 123 Å². The lowest BCUT2D eigenvalue weighted by molar-refractivity contribution is 0.844. The molecular formula is C11H17IN4S. The van der Waals surface area contributed by atoms with Gasteiger partial charge >= 0.3 is 0 Å². The molecule has 0 saturated carbocycles. The van der Waals surface area contributed by atoms with Crippen molar-refractivity contribution < 1.29 is 0 Å². The number of nitrogens with one attached hydrogen (secondary N) is 2. The Morgan fingerprint density at radius 2 is 2.35 bits per heavy atom. The van der Waals surface area contributed by atoms with Gasteiger partial charge in [-0.05, 0) is 6.42 Å². The molecular weight excluding hydrogens is 347 g/mol. The van der Waals surface area contributed by atoms with Crippen molar-refractivity contribution in [2.45, 2.75) is 19.9 Å². The summed E-state index contributed by atoms with van der Waals surface area (Å²) >= 11 is 1.71. The second-order valence-electron chi connectivity index (χ2n) is 3.06. The Bertz CT molecular complexity index is 394. The zero-order valence-corrected chi connectivity index (χ0v) is 13.1. The van der Waals surface area contributed by atoms with Gasteiger partial charge in [0, 0.05) is 18.1 Å². The number of nitrogens with zero attached hydrogens (tertiary/aromatic N) is 2. The molecule has 0 atom stereocenters. The highest BCUT2D eigenvalue weighted by atomic mass is 127. The van der Waals surface area contributed by atoms with Gasteiger partial charge in [0.15, 0.2) is 5.96 Å². The van der Waals surface area contributed by atoms with E-state index < -0.39 is 0 Å². The molecule has 1 heterocycles. The molecule has 0 saturated heterocycles. The fraction of sp³-hybridized carbons (Fsp3) is 0.455. The molecule has 4 nitrogen and oxygen atoms in total. The number of rotatable bonds is 4. The summed E-state index contributed by atoms with van der Waals surface area (Å²) in [5, 5.41) is 7.19. The largest absolute Gasteiger partial charge is 0.350 e. The number of halogens is 1. The van der Waals surface area contributed by atoms with Crippen molar-refractivity contribution >= 4 is 41.3 Å². The summed E-state index contributed by atoms with van der Waals surface area (Å²) in [7, 11) is 1.71. The van der Waals surface area contributed by atoms with Crippen LogP contribution in [0.3, 0.4) is 0 Å². The van der Waals surface area contributed by atoms with Gasteiger partial charge in [0.1, 0.15) is 5.01 Å². The monoisotopic (exact) mass is 364 g/mol. The number of guanidine groups is 1. The van der Waals surface area contributed by atoms with Crippen molar-refractivity contribution in [3.63, 3.8) is 0 Å². The first kappa shape index (κ1) is 16.2. The van der Waals surface area contributed by atoms with Crippen LogP contribution >= 0.6 is 35.3 Å². The first-order valence-electron chi connectivity index (χ1n) is 5.11. The summed E-state index contributed by atoms with van der Waals surface area (Å²) in [6.07, 6.45) is 8.10. The second kappa shape index (κ2) is 9.24. The summed E-state index contributed by atoms with van der Waals surface area (Å²) in [5.41, 5.74) is 0. The summed E-state index contributed by atoms with van der Waals surface area (Å²) in [6.45, 7) is 3.27. The van der Waals surface area contributed by atoms with E-state index in [4.69, 9.17) is 6.42 Å². The van der Waals surface area contributed by atoms with E-state index in [1.54, 1.807) is 18.4 Å².